The zero-order chi connectivity index (χ0) is 16.7. The smallest absolute Gasteiger partial charge is 0.337 e. The van der Waals surface area contributed by atoms with Gasteiger partial charge in [0.1, 0.15) is 6.61 Å². The van der Waals surface area contributed by atoms with Crippen LogP contribution >= 0.6 is 0 Å². The van der Waals surface area contributed by atoms with Crippen molar-refractivity contribution in [2.24, 2.45) is 0 Å². The normalized spacial score (nSPS) is 10.2. The minimum atomic E-state index is -0.399. The summed E-state index contributed by atoms with van der Waals surface area (Å²) in [6.45, 7) is 2.14. The first-order valence-electron chi connectivity index (χ1n) is 7.20. The van der Waals surface area contributed by atoms with Crippen LogP contribution in [0.25, 0.3) is 0 Å². The fourth-order valence-electron chi connectivity index (χ4n) is 2.09. The van der Waals surface area contributed by atoms with Gasteiger partial charge in [0.05, 0.1) is 19.3 Å². The highest BCUT2D eigenvalue weighted by Crippen LogP contribution is 2.10. The molecular weight excluding hydrogens is 294 g/mol. The molecule has 0 unspecified atom stereocenters. The number of ether oxygens (including phenoxy) is 2. The number of carbonyl (C=O) groups is 2. The Morgan fingerprint density at radius 3 is 2.61 bits per heavy atom. The average molecular weight is 313 g/mol. The number of nitrogens with one attached hydrogen (secondary N) is 1. The summed E-state index contributed by atoms with van der Waals surface area (Å²) in [6.07, 6.45) is 0. The van der Waals surface area contributed by atoms with Crippen LogP contribution in [0.4, 0.5) is 5.69 Å². The van der Waals surface area contributed by atoms with E-state index in [1.165, 1.54) is 7.11 Å². The number of hydrogen-bond acceptors (Lipinski definition) is 4. The van der Waals surface area contributed by atoms with Crippen molar-refractivity contribution in [2.75, 3.05) is 19.0 Å². The van der Waals surface area contributed by atoms with E-state index in [2.05, 4.69) is 10.1 Å². The second-order valence-electron chi connectivity index (χ2n) is 5.10. The third kappa shape index (κ3) is 5.23. The van der Waals surface area contributed by atoms with E-state index in [0.29, 0.717) is 5.56 Å². The number of hydrogen-bond donors (Lipinski definition) is 1. The molecule has 0 atom stereocenters. The van der Waals surface area contributed by atoms with Crippen LogP contribution in [0.5, 0.6) is 0 Å². The van der Waals surface area contributed by atoms with Gasteiger partial charge in [-0.15, -0.1) is 0 Å². The number of anilines is 1. The number of methoxy groups -OCH3 is 1. The van der Waals surface area contributed by atoms with Gasteiger partial charge in [-0.25, -0.2) is 4.79 Å². The van der Waals surface area contributed by atoms with Gasteiger partial charge in [0.15, 0.2) is 0 Å². The van der Waals surface area contributed by atoms with Gasteiger partial charge >= 0.3 is 5.97 Å². The molecule has 2 aromatic carbocycles. The van der Waals surface area contributed by atoms with E-state index in [9.17, 15) is 9.59 Å². The lowest BCUT2D eigenvalue weighted by atomic mass is 10.1. The lowest BCUT2D eigenvalue weighted by Crippen LogP contribution is -2.18. The van der Waals surface area contributed by atoms with Crippen LogP contribution < -0.4 is 5.32 Å². The number of aryl methyl sites for hydroxylation is 1. The molecule has 2 rings (SSSR count). The summed E-state index contributed by atoms with van der Waals surface area (Å²) < 4.78 is 10.1. The number of esters is 1. The van der Waals surface area contributed by atoms with Crippen molar-refractivity contribution in [3.63, 3.8) is 0 Å². The molecule has 0 spiro atoms. The Morgan fingerprint density at radius 2 is 1.87 bits per heavy atom. The Labute approximate surface area is 135 Å². The molecule has 0 aliphatic heterocycles. The Kier molecular flexibility index (Phi) is 5.88. The van der Waals surface area contributed by atoms with E-state index >= 15 is 0 Å². The molecule has 2 aromatic rings. The first-order chi connectivity index (χ1) is 11.1. The first kappa shape index (κ1) is 16.7. The topological polar surface area (TPSA) is 64.6 Å². The van der Waals surface area contributed by atoms with Gasteiger partial charge < -0.3 is 14.8 Å². The van der Waals surface area contributed by atoms with E-state index in [1.807, 2.05) is 37.3 Å². The maximum Gasteiger partial charge on any atom is 0.337 e. The Balaban J connectivity index is 1.82. The minimum absolute atomic E-state index is 0.0591. The second-order valence-corrected chi connectivity index (χ2v) is 5.10. The first-order valence-corrected chi connectivity index (χ1v) is 7.20. The van der Waals surface area contributed by atoms with Crippen LogP contribution in [0.3, 0.4) is 0 Å². The van der Waals surface area contributed by atoms with Gasteiger partial charge in [-0.2, -0.15) is 0 Å². The van der Waals surface area contributed by atoms with Gasteiger partial charge in [-0.1, -0.05) is 24.3 Å². The van der Waals surface area contributed by atoms with Gasteiger partial charge in [-0.3, -0.25) is 4.79 Å². The molecule has 1 N–H and O–H groups in total. The summed E-state index contributed by atoms with van der Waals surface area (Å²) >= 11 is 0. The SMILES string of the molecule is COC(=O)c1cccc(COCC(=O)Nc2cccc(C)c2)c1. The molecule has 5 nitrogen and oxygen atoms in total. The van der Waals surface area contributed by atoms with E-state index in [0.717, 1.165) is 16.8 Å². The Bertz CT molecular complexity index is 697. The summed E-state index contributed by atoms with van der Waals surface area (Å²) in [6, 6.07) is 14.5. The molecule has 5 heteroatoms. The molecule has 0 radical (unpaired) electrons. The molecule has 0 aliphatic carbocycles. The molecule has 23 heavy (non-hydrogen) atoms. The van der Waals surface area contributed by atoms with Crippen molar-refractivity contribution in [3.05, 3.63) is 65.2 Å². The lowest BCUT2D eigenvalue weighted by Gasteiger charge is -2.08. The van der Waals surface area contributed by atoms with Crippen LogP contribution in [-0.2, 0) is 20.9 Å². The van der Waals surface area contributed by atoms with Crippen LogP contribution in [0, 0.1) is 6.92 Å². The summed E-state index contributed by atoms with van der Waals surface area (Å²) in [4.78, 5) is 23.3. The molecule has 0 bridgehead atoms. The lowest BCUT2D eigenvalue weighted by molar-refractivity contribution is -0.121. The van der Waals surface area contributed by atoms with Crippen molar-refractivity contribution < 1.29 is 19.1 Å². The van der Waals surface area contributed by atoms with E-state index in [-0.39, 0.29) is 19.1 Å². The van der Waals surface area contributed by atoms with Crippen molar-refractivity contribution in [2.45, 2.75) is 13.5 Å². The average Bonchev–Trinajstić information content (AvgIpc) is 2.54. The summed E-state index contributed by atoms with van der Waals surface area (Å²) in [5, 5.41) is 2.77. The fraction of sp³-hybridized carbons (Fsp3) is 0.222. The highest BCUT2D eigenvalue weighted by molar-refractivity contribution is 5.91. The molecular formula is C18H19NO4. The number of benzene rings is 2. The third-order valence-corrected chi connectivity index (χ3v) is 3.15. The largest absolute Gasteiger partial charge is 0.465 e. The highest BCUT2D eigenvalue weighted by atomic mass is 16.5. The van der Waals surface area contributed by atoms with Crippen molar-refractivity contribution in [3.8, 4) is 0 Å². The van der Waals surface area contributed by atoms with Gasteiger partial charge in [0.2, 0.25) is 5.91 Å². The molecule has 0 heterocycles. The monoisotopic (exact) mass is 313 g/mol. The predicted molar refractivity (Wildman–Crippen MR) is 87.2 cm³/mol. The maximum absolute atomic E-state index is 11.8. The summed E-state index contributed by atoms with van der Waals surface area (Å²) in [5.41, 5.74) is 3.07. The summed E-state index contributed by atoms with van der Waals surface area (Å²) in [7, 11) is 1.33. The van der Waals surface area contributed by atoms with Crippen molar-refractivity contribution in [1.29, 1.82) is 0 Å². The molecule has 0 fully saturated rings. The van der Waals surface area contributed by atoms with Crippen molar-refractivity contribution >= 4 is 17.6 Å². The van der Waals surface area contributed by atoms with Gasteiger partial charge in [-0.05, 0) is 42.3 Å². The molecule has 1 amide bonds. The molecule has 0 saturated carbocycles. The van der Waals surface area contributed by atoms with Crippen LogP contribution in [0.2, 0.25) is 0 Å². The molecule has 0 aromatic heterocycles. The van der Waals surface area contributed by atoms with Crippen molar-refractivity contribution in [1.82, 2.24) is 0 Å². The van der Waals surface area contributed by atoms with E-state index in [1.54, 1.807) is 18.2 Å². The van der Waals surface area contributed by atoms with Crippen LogP contribution in [-0.4, -0.2) is 25.6 Å². The maximum atomic E-state index is 11.8. The Morgan fingerprint density at radius 1 is 1.09 bits per heavy atom. The number of rotatable bonds is 6. The van der Waals surface area contributed by atoms with Crippen LogP contribution in [0.15, 0.2) is 48.5 Å². The third-order valence-electron chi connectivity index (χ3n) is 3.15. The Hall–Kier alpha value is -2.66. The number of amides is 1. The number of carbonyl (C=O) groups excluding carboxylic acids is 2. The molecule has 0 aliphatic rings. The molecule has 0 saturated heterocycles. The highest BCUT2D eigenvalue weighted by Gasteiger charge is 2.07. The van der Waals surface area contributed by atoms with Gasteiger partial charge in [0, 0.05) is 5.69 Å². The zero-order valence-electron chi connectivity index (χ0n) is 13.2. The van der Waals surface area contributed by atoms with Gasteiger partial charge in [0.25, 0.3) is 0 Å². The fourth-order valence-corrected chi connectivity index (χ4v) is 2.09. The van der Waals surface area contributed by atoms with E-state index < -0.39 is 5.97 Å². The predicted octanol–water partition coefficient (Wildman–Crippen LogP) is 2.94. The molecule has 120 valence electrons. The quantitative estimate of drug-likeness (QED) is 0.833. The summed E-state index contributed by atoms with van der Waals surface area (Å²) in [5.74, 6) is -0.622. The zero-order valence-corrected chi connectivity index (χ0v) is 13.2. The van der Waals surface area contributed by atoms with E-state index in [4.69, 9.17) is 4.74 Å². The second kappa shape index (κ2) is 8.10. The standard InChI is InChI=1S/C18H19NO4/c1-13-5-3-8-16(9-13)19-17(20)12-23-11-14-6-4-7-15(10-14)18(21)22-2/h3-10H,11-12H2,1-2H3,(H,19,20). The minimum Gasteiger partial charge on any atom is -0.465 e. The van der Waals surface area contributed by atoms with Crippen LogP contribution in [0.1, 0.15) is 21.5 Å².